The lowest BCUT2D eigenvalue weighted by Gasteiger charge is -2.17. The van der Waals surface area contributed by atoms with E-state index in [-0.39, 0.29) is 11.8 Å². The molecule has 0 radical (unpaired) electrons. The summed E-state index contributed by atoms with van der Waals surface area (Å²) in [5.74, 6) is -0.342. The number of carbonyl (C=O) groups is 2. The normalized spacial score (nSPS) is 15.1. The Hall–Kier alpha value is -2.89. The quantitative estimate of drug-likeness (QED) is 0.906. The second-order valence-corrected chi connectivity index (χ2v) is 5.90. The van der Waals surface area contributed by atoms with Crippen molar-refractivity contribution >= 4 is 23.2 Å². The van der Waals surface area contributed by atoms with Gasteiger partial charge in [0.2, 0.25) is 5.91 Å². The number of nitrogens with zero attached hydrogens (tertiary/aromatic N) is 1. The van der Waals surface area contributed by atoms with Crippen LogP contribution in [-0.2, 0) is 9.59 Å². The molecule has 1 fully saturated rings. The minimum Gasteiger partial charge on any atom is -0.481 e. The van der Waals surface area contributed by atoms with E-state index >= 15 is 0 Å². The van der Waals surface area contributed by atoms with E-state index in [9.17, 15) is 14.0 Å². The number of rotatable bonds is 5. The third-order valence-electron chi connectivity index (χ3n) is 4.00. The minimum absolute atomic E-state index is 0.119. The van der Waals surface area contributed by atoms with Gasteiger partial charge < -0.3 is 15.0 Å². The average Bonchev–Trinajstić information content (AvgIpc) is 3.01. The number of ether oxygens (including phenoxy) is 1. The van der Waals surface area contributed by atoms with Gasteiger partial charge in [-0.05, 0) is 49.7 Å². The molecule has 1 aliphatic rings. The molecule has 3 rings (SSSR count). The largest absolute Gasteiger partial charge is 0.481 e. The second kappa shape index (κ2) is 7.34. The fraction of sp³-hybridized carbons (Fsp3) is 0.263. The van der Waals surface area contributed by atoms with Crippen LogP contribution in [0.3, 0.4) is 0 Å². The summed E-state index contributed by atoms with van der Waals surface area (Å²) in [4.78, 5) is 25.7. The molecule has 1 saturated heterocycles. The lowest BCUT2D eigenvalue weighted by molar-refractivity contribution is -0.122. The highest BCUT2D eigenvalue weighted by Crippen LogP contribution is 2.23. The molecule has 2 aromatic rings. The predicted octanol–water partition coefficient (Wildman–Crippen LogP) is 3.36. The lowest BCUT2D eigenvalue weighted by atomic mass is 10.2. The summed E-state index contributed by atoms with van der Waals surface area (Å²) in [6, 6.07) is 12.7. The molecule has 0 saturated carbocycles. The molecule has 2 amide bonds. The Balaban J connectivity index is 1.59. The third-order valence-corrected chi connectivity index (χ3v) is 4.00. The zero-order valence-corrected chi connectivity index (χ0v) is 13.9. The number of nitrogens with one attached hydrogen (secondary N) is 1. The van der Waals surface area contributed by atoms with Crippen molar-refractivity contribution in [2.75, 3.05) is 16.8 Å². The zero-order chi connectivity index (χ0) is 17.8. The highest BCUT2D eigenvalue weighted by Gasteiger charge is 2.21. The summed E-state index contributed by atoms with van der Waals surface area (Å²) < 4.78 is 18.6. The number of amides is 2. The van der Waals surface area contributed by atoms with Gasteiger partial charge >= 0.3 is 0 Å². The summed E-state index contributed by atoms with van der Waals surface area (Å²) in [5, 5.41) is 2.74. The fourth-order valence-corrected chi connectivity index (χ4v) is 2.69. The maximum atomic E-state index is 13.2. The highest BCUT2D eigenvalue weighted by molar-refractivity contribution is 5.96. The molecule has 1 unspecified atom stereocenters. The summed E-state index contributed by atoms with van der Waals surface area (Å²) in [7, 11) is 0. The van der Waals surface area contributed by atoms with E-state index in [4.69, 9.17) is 4.74 Å². The molecule has 25 heavy (non-hydrogen) atoms. The van der Waals surface area contributed by atoms with Crippen LogP contribution in [0.25, 0.3) is 0 Å². The summed E-state index contributed by atoms with van der Waals surface area (Å²) >= 11 is 0. The Morgan fingerprint density at radius 2 is 2.00 bits per heavy atom. The molecule has 130 valence electrons. The maximum Gasteiger partial charge on any atom is 0.265 e. The van der Waals surface area contributed by atoms with Crippen LogP contribution in [-0.4, -0.2) is 24.5 Å². The van der Waals surface area contributed by atoms with E-state index in [1.54, 1.807) is 42.2 Å². The minimum atomic E-state index is -0.776. The van der Waals surface area contributed by atoms with E-state index in [0.29, 0.717) is 17.9 Å². The van der Waals surface area contributed by atoms with Crippen LogP contribution in [0.4, 0.5) is 15.8 Å². The van der Waals surface area contributed by atoms with Gasteiger partial charge in [0.15, 0.2) is 6.10 Å². The predicted molar refractivity (Wildman–Crippen MR) is 93.1 cm³/mol. The van der Waals surface area contributed by atoms with Crippen molar-refractivity contribution in [3.8, 4) is 5.75 Å². The summed E-state index contributed by atoms with van der Waals surface area (Å²) in [5.41, 5.74) is 1.43. The maximum absolute atomic E-state index is 13.2. The van der Waals surface area contributed by atoms with Crippen LogP contribution < -0.4 is 15.0 Å². The van der Waals surface area contributed by atoms with Crippen molar-refractivity contribution in [2.24, 2.45) is 0 Å². The Kier molecular flexibility index (Phi) is 4.97. The SMILES string of the molecule is CC(Oc1cccc(F)c1)C(=O)Nc1ccc(N2CCCC2=O)cc1. The van der Waals surface area contributed by atoms with E-state index in [1.807, 2.05) is 0 Å². The molecule has 1 N–H and O–H groups in total. The average molecular weight is 342 g/mol. The standard InChI is InChI=1S/C19H19FN2O3/c1-13(25-17-5-2-4-14(20)12-17)19(24)21-15-7-9-16(10-8-15)22-11-3-6-18(22)23/h2,4-5,7-10,12-13H,3,6,11H2,1H3,(H,21,24). The molecule has 0 aliphatic carbocycles. The Morgan fingerprint density at radius 1 is 1.24 bits per heavy atom. The number of carbonyl (C=O) groups excluding carboxylic acids is 2. The van der Waals surface area contributed by atoms with Crippen LogP contribution >= 0.6 is 0 Å². The first-order valence-electron chi connectivity index (χ1n) is 8.16. The van der Waals surface area contributed by atoms with Crippen LogP contribution in [0, 0.1) is 5.82 Å². The fourth-order valence-electron chi connectivity index (χ4n) is 2.69. The number of benzene rings is 2. The number of hydrogen-bond donors (Lipinski definition) is 1. The van der Waals surface area contributed by atoms with Gasteiger partial charge in [-0.2, -0.15) is 0 Å². The van der Waals surface area contributed by atoms with Gasteiger partial charge in [0.25, 0.3) is 5.91 Å². The van der Waals surface area contributed by atoms with Gasteiger partial charge in [-0.1, -0.05) is 6.07 Å². The molecule has 1 aliphatic heterocycles. The number of anilines is 2. The lowest BCUT2D eigenvalue weighted by Crippen LogP contribution is -2.30. The smallest absolute Gasteiger partial charge is 0.265 e. The zero-order valence-electron chi connectivity index (χ0n) is 13.9. The van der Waals surface area contributed by atoms with Crippen molar-refractivity contribution in [1.82, 2.24) is 0 Å². The first kappa shape index (κ1) is 17.0. The van der Waals surface area contributed by atoms with E-state index < -0.39 is 11.9 Å². The van der Waals surface area contributed by atoms with Crippen molar-refractivity contribution < 1.29 is 18.7 Å². The second-order valence-electron chi connectivity index (χ2n) is 5.90. The summed E-state index contributed by atoms with van der Waals surface area (Å²) in [6.07, 6.45) is 0.668. The van der Waals surface area contributed by atoms with E-state index in [1.165, 1.54) is 18.2 Å². The molecule has 5 nitrogen and oxygen atoms in total. The van der Waals surface area contributed by atoms with Crippen LogP contribution in [0.5, 0.6) is 5.75 Å². The molecule has 1 heterocycles. The summed E-state index contributed by atoms with van der Waals surface area (Å²) in [6.45, 7) is 2.32. The van der Waals surface area contributed by atoms with Crippen LogP contribution in [0.1, 0.15) is 19.8 Å². The molecule has 0 aromatic heterocycles. The van der Waals surface area contributed by atoms with Gasteiger partial charge in [-0.25, -0.2) is 4.39 Å². The topological polar surface area (TPSA) is 58.6 Å². The number of halogens is 1. The molecule has 6 heteroatoms. The number of hydrogen-bond acceptors (Lipinski definition) is 3. The van der Waals surface area contributed by atoms with Gasteiger partial charge in [0.05, 0.1) is 0 Å². The monoisotopic (exact) mass is 342 g/mol. The van der Waals surface area contributed by atoms with Gasteiger partial charge in [-0.15, -0.1) is 0 Å². The third kappa shape index (κ3) is 4.15. The Bertz CT molecular complexity index is 776. The van der Waals surface area contributed by atoms with Crippen molar-refractivity contribution in [2.45, 2.75) is 25.9 Å². The van der Waals surface area contributed by atoms with Crippen molar-refractivity contribution in [1.29, 1.82) is 0 Å². The molecular weight excluding hydrogens is 323 g/mol. The van der Waals surface area contributed by atoms with Crippen LogP contribution in [0.15, 0.2) is 48.5 Å². The first-order chi connectivity index (χ1) is 12.0. The Labute approximate surface area is 145 Å². The Morgan fingerprint density at radius 3 is 2.64 bits per heavy atom. The van der Waals surface area contributed by atoms with Gasteiger partial charge in [-0.3, -0.25) is 9.59 Å². The van der Waals surface area contributed by atoms with E-state index in [0.717, 1.165) is 18.7 Å². The van der Waals surface area contributed by atoms with Crippen molar-refractivity contribution in [3.05, 3.63) is 54.3 Å². The van der Waals surface area contributed by atoms with Crippen LogP contribution in [0.2, 0.25) is 0 Å². The first-order valence-corrected chi connectivity index (χ1v) is 8.16. The molecule has 0 spiro atoms. The molecular formula is C19H19FN2O3. The van der Waals surface area contributed by atoms with Crippen molar-refractivity contribution in [3.63, 3.8) is 0 Å². The molecule has 2 aromatic carbocycles. The highest BCUT2D eigenvalue weighted by atomic mass is 19.1. The molecule has 1 atom stereocenters. The van der Waals surface area contributed by atoms with E-state index in [2.05, 4.69) is 5.32 Å². The van der Waals surface area contributed by atoms with Gasteiger partial charge in [0.1, 0.15) is 11.6 Å². The van der Waals surface area contributed by atoms with Gasteiger partial charge in [0, 0.05) is 30.4 Å². The molecule has 0 bridgehead atoms.